The maximum Gasteiger partial charge on any atom is 0.273 e. The summed E-state index contributed by atoms with van der Waals surface area (Å²) in [6.45, 7) is 6.10. The second-order valence-electron chi connectivity index (χ2n) is 4.95. The number of amides is 2. The largest absolute Gasteiger partial charge is 0.354 e. The van der Waals surface area contributed by atoms with Crippen LogP contribution in [0.15, 0.2) is 6.20 Å². The smallest absolute Gasteiger partial charge is 0.273 e. The molecule has 0 bridgehead atoms. The van der Waals surface area contributed by atoms with Gasteiger partial charge in [0.2, 0.25) is 0 Å². The number of aryl methyl sites for hydroxylation is 3. The molecule has 2 amide bonds. The van der Waals surface area contributed by atoms with E-state index < -0.39 is 0 Å². The molecule has 2 aromatic heterocycles. The molecule has 2 N–H and O–H groups in total. The topological polar surface area (TPSA) is 93.8 Å². The van der Waals surface area contributed by atoms with Gasteiger partial charge in [-0.2, -0.15) is 10.2 Å². The van der Waals surface area contributed by atoms with E-state index in [0.717, 1.165) is 5.69 Å². The van der Waals surface area contributed by atoms with E-state index in [2.05, 4.69) is 20.8 Å². The van der Waals surface area contributed by atoms with E-state index in [4.69, 9.17) is 0 Å². The van der Waals surface area contributed by atoms with Crippen molar-refractivity contribution in [2.75, 3.05) is 12.4 Å². The molecule has 2 rings (SSSR count). The van der Waals surface area contributed by atoms with Crippen LogP contribution in [0.2, 0.25) is 0 Å². The number of carbonyl (C=O) groups excluding carboxylic acids is 2. The Hall–Kier alpha value is -2.64. The third kappa shape index (κ3) is 2.72. The quantitative estimate of drug-likeness (QED) is 0.876. The highest BCUT2D eigenvalue weighted by atomic mass is 16.2. The molecule has 0 aliphatic heterocycles. The summed E-state index contributed by atoms with van der Waals surface area (Å²) >= 11 is 0. The minimum atomic E-state index is -0.345. The summed E-state index contributed by atoms with van der Waals surface area (Å²) in [6.07, 6.45) is 1.64. The zero-order valence-corrected chi connectivity index (χ0v) is 13.4. The lowest BCUT2D eigenvalue weighted by Crippen LogP contribution is -2.22. The maximum absolute atomic E-state index is 12.5. The number of carbonyl (C=O) groups is 2. The number of anilines is 1. The van der Waals surface area contributed by atoms with Crippen LogP contribution in [0.25, 0.3) is 0 Å². The predicted molar refractivity (Wildman–Crippen MR) is 81.9 cm³/mol. The normalized spacial score (nSPS) is 10.6. The van der Waals surface area contributed by atoms with Crippen molar-refractivity contribution in [2.45, 2.75) is 27.3 Å². The molecule has 8 nitrogen and oxygen atoms in total. The van der Waals surface area contributed by atoms with Crippen molar-refractivity contribution in [2.24, 2.45) is 7.05 Å². The van der Waals surface area contributed by atoms with E-state index in [1.54, 1.807) is 29.5 Å². The summed E-state index contributed by atoms with van der Waals surface area (Å²) in [6, 6.07) is 0. The molecular formula is C14H20N6O2. The minimum absolute atomic E-state index is 0.192. The molecule has 0 spiro atoms. The Bertz CT molecular complexity index is 728. The molecule has 118 valence electrons. The van der Waals surface area contributed by atoms with Crippen LogP contribution in [0, 0.1) is 13.8 Å². The molecule has 0 aromatic carbocycles. The van der Waals surface area contributed by atoms with Gasteiger partial charge in [0.05, 0.1) is 16.9 Å². The van der Waals surface area contributed by atoms with Gasteiger partial charge in [-0.3, -0.25) is 19.0 Å². The molecule has 0 unspecified atom stereocenters. The van der Waals surface area contributed by atoms with Gasteiger partial charge >= 0.3 is 0 Å². The number of hydrogen-bond donors (Lipinski definition) is 2. The Morgan fingerprint density at radius 2 is 1.91 bits per heavy atom. The van der Waals surface area contributed by atoms with Crippen LogP contribution < -0.4 is 10.6 Å². The SMILES string of the molecule is CCn1cc(NC(=O)c2c(C)nn(C)c2C)c(C(=O)NC)n1. The molecule has 0 aliphatic carbocycles. The first kappa shape index (κ1) is 15.7. The summed E-state index contributed by atoms with van der Waals surface area (Å²) in [5.74, 6) is -0.647. The van der Waals surface area contributed by atoms with E-state index in [0.29, 0.717) is 23.5 Å². The van der Waals surface area contributed by atoms with E-state index in [9.17, 15) is 9.59 Å². The van der Waals surface area contributed by atoms with E-state index in [-0.39, 0.29) is 17.5 Å². The Morgan fingerprint density at radius 1 is 1.23 bits per heavy atom. The van der Waals surface area contributed by atoms with Gasteiger partial charge in [-0.15, -0.1) is 0 Å². The molecule has 2 aromatic rings. The van der Waals surface area contributed by atoms with Gasteiger partial charge in [0.1, 0.15) is 0 Å². The lowest BCUT2D eigenvalue weighted by Gasteiger charge is -2.05. The van der Waals surface area contributed by atoms with E-state index in [1.165, 1.54) is 7.05 Å². The van der Waals surface area contributed by atoms with Gasteiger partial charge in [0.25, 0.3) is 11.8 Å². The van der Waals surface area contributed by atoms with Crippen LogP contribution in [0.3, 0.4) is 0 Å². The minimum Gasteiger partial charge on any atom is -0.354 e. The second kappa shape index (κ2) is 6.00. The third-order valence-electron chi connectivity index (χ3n) is 3.51. The van der Waals surface area contributed by atoms with Gasteiger partial charge in [0.15, 0.2) is 5.69 Å². The van der Waals surface area contributed by atoms with Crippen molar-refractivity contribution in [1.82, 2.24) is 24.9 Å². The molecular weight excluding hydrogens is 284 g/mol. The summed E-state index contributed by atoms with van der Waals surface area (Å²) in [7, 11) is 3.30. The van der Waals surface area contributed by atoms with Crippen LogP contribution in [-0.4, -0.2) is 38.4 Å². The second-order valence-corrected chi connectivity index (χ2v) is 4.95. The third-order valence-corrected chi connectivity index (χ3v) is 3.51. The fourth-order valence-corrected chi connectivity index (χ4v) is 2.25. The number of nitrogens with zero attached hydrogens (tertiary/aromatic N) is 4. The Morgan fingerprint density at radius 3 is 2.41 bits per heavy atom. The Kier molecular flexibility index (Phi) is 4.30. The summed E-state index contributed by atoms with van der Waals surface area (Å²) < 4.78 is 3.25. The summed E-state index contributed by atoms with van der Waals surface area (Å²) in [5, 5.41) is 13.7. The Balaban J connectivity index is 2.36. The zero-order valence-electron chi connectivity index (χ0n) is 13.4. The monoisotopic (exact) mass is 304 g/mol. The van der Waals surface area contributed by atoms with Crippen molar-refractivity contribution in [3.05, 3.63) is 28.8 Å². The summed E-state index contributed by atoms with van der Waals surface area (Å²) in [4.78, 5) is 24.4. The fraction of sp³-hybridized carbons (Fsp3) is 0.429. The first-order chi connectivity index (χ1) is 10.4. The van der Waals surface area contributed by atoms with Gasteiger partial charge in [0, 0.05) is 32.5 Å². The lowest BCUT2D eigenvalue weighted by atomic mass is 10.2. The molecule has 2 heterocycles. The van der Waals surface area contributed by atoms with E-state index >= 15 is 0 Å². The van der Waals surface area contributed by atoms with E-state index in [1.807, 2.05) is 13.8 Å². The zero-order chi connectivity index (χ0) is 16.4. The van der Waals surface area contributed by atoms with Crippen molar-refractivity contribution in [3.63, 3.8) is 0 Å². The average molecular weight is 304 g/mol. The van der Waals surface area contributed by atoms with Crippen molar-refractivity contribution < 1.29 is 9.59 Å². The van der Waals surface area contributed by atoms with Gasteiger partial charge in [-0.25, -0.2) is 0 Å². The van der Waals surface area contributed by atoms with Crippen molar-refractivity contribution in [3.8, 4) is 0 Å². The Labute approximate surface area is 128 Å². The van der Waals surface area contributed by atoms with Crippen molar-refractivity contribution in [1.29, 1.82) is 0 Å². The van der Waals surface area contributed by atoms with Crippen molar-refractivity contribution >= 4 is 17.5 Å². The van der Waals surface area contributed by atoms with Gasteiger partial charge in [-0.1, -0.05) is 0 Å². The highest BCUT2D eigenvalue weighted by Gasteiger charge is 2.21. The molecule has 8 heteroatoms. The number of aromatic nitrogens is 4. The van der Waals surface area contributed by atoms with Gasteiger partial charge in [-0.05, 0) is 20.8 Å². The average Bonchev–Trinajstić information content (AvgIpc) is 2.99. The van der Waals surface area contributed by atoms with Crippen LogP contribution in [0.1, 0.15) is 39.2 Å². The van der Waals surface area contributed by atoms with Crippen LogP contribution in [0.4, 0.5) is 5.69 Å². The standard InChI is InChI=1S/C14H20N6O2/c1-6-20-7-10(12(18-20)14(22)15-4)16-13(21)11-8(2)17-19(5)9(11)3/h7H,6H2,1-5H3,(H,15,22)(H,16,21). The first-order valence-corrected chi connectivity index (χ1v) is 7.00. The summed E-state index contributed by atoms with van der Waals surface area (Å²) in [5.41, 5.74) is 2.49. The fourth-order valence-electron chi connectivity index (χ4n) is 2.25. The first-order valence-electron chi connectivity index (χ1n) is 7.00. The van der Waals surface area contributed by atoms with Crippen LogP contribution in [0.5, 0.6) is 0 Å². The predicted octanol–water partition coefficient (Wildman–Crippen LogP) is 0.865. The molecule has 0 fully saturated rings. The maximum atomic E-state index is 12.5. The molecule has 0 saturated heterocycles. The molecule has 0 radical (unpaired) electrons. The number of rotatable bonds is 4. The molecule has 22 heavy (non-hydrogen) atoms. The highest BCUT2D eigenvalue weighted by Crippen LogP contribution is 2.18. The van der Waals surface area contributed by atoms with Gasteiger partial charge < -0.3 is 10.6 Å². The highest BCUT2D eigenvalue weighted by molar-refractivity contribution is 6.09. The molecule has 0 saturated carbocycles. The van der Waals surface area contributed by atoms with Crippen LogP contribution >= 0.6 is 0 Å². The molecule has 0 aliphatic rings. The van der Waals surface area contributed by atoms with Crippen LogP contribution in [-0.2, 0) is 13.6 Å². The molecule has 0 atom stereocenters. The number of hydrogen-bond acceptors (Lipinski definition) is 4. The lowest BCUT2D eigenvalue weighted by molar-refractivity contribution is 0.0958. The number of nitrogens with one attached hydrogen (secondary N) is 2.